The first kappa shape index (κ1) is 14.9. The van der Waals surface area contributed by atoms with Crippen molar-refractivity contribution in [3.8, 4) is 0 Å². The van der Waals surface area contributed by atoms with Crippen LogP contribution in [-0.4, -0.2) is 21.5 Å². The molecule has 1 unspecified atom stereocenters. The molecule has 0 radical (unpaired) electrons. The highest BCUT2D eigenvalue weighted by Gasteiger charge is 2.09. The number of rotatable bonds is 7. The third-order valence-electron chi connectivity index (χ3n) is 2.48. The maximum atomic E-state index is 11.6. The predicted octanol–water partition coefficient (Wildman–Crippen LogP) is 1.62. The SMILES string of the molecule is CCNC(C)c1cccc(NS(=O)(=O)NCC)c1. The Hall–Kier alpha value is -1.11. The van der Waals surface area contributed by atoms with E-state index in [2.05, 4.69) is 14.8 Å². The number of anilines is 1. The average Bonchev–Trinajstić information content (AvgIpc) is 2.28. The molecule has 1 aromatic rings. The summed E-state index contributed by atoms with van der Waals surface area (Å²) in [6.45, 7) is 7.05. The molecule has 0 aromatic heterocycles. The molecule has 0 aliphatic rings. The molecule has 0 spiro atoms. The van der Waals surface area contributed by atoms with Gasteiger partial charge in [0.15, 0.2) is 0 Å². The van der Waals surface area contributed by atoms with Crippen molar-refractivity contribution in [2.45, 2.75) is 26.8 Å². The molecule has 0 amide bonds. The van der Waals surface area contributed by atoms with Gasteiger partial charge in [-0.2, -0.15) is 13.1 Å². The van der Waals surface area contributed by atoms with Crippen LogP contribution in [0.1, 0.15) is 32.4 Å². The first-order chi connectivity index (χ1) is 8.48. The van der Waals surface area contributed by atoms with Crippen molar-refractivity contribution < 1.29 is 8.42 Å². The van der Waals surface area contributed by atoms with E-state index in [1.807, 2.05) is 32.0 Å². The van der Waals surface area contributed by atoms with Crippen LogP contribution in [0.4, 0.5) is 5.69 Å². The fourth-order valence-corrected chi connectivity index (χ4v) is 2.57. The van der Waals surface area contributed by atoms with Crippen LogP contribution in [0.25, 0.3) is 0 Å². The fraction of sp³-hybridized carbons (Fsp3) is 0.500. The smallest absolute Gasteiger partial charge is 0.299 e. The first-order valence-corrected chi connectivity index (χ1v) is 7.57. The quantitative estimate of drug-likeness (QED) is 0.706. The summed E-state index contributed by atoms with van der Waals surface area (Å²) >= 11 is 0. The van der Waals surface area contributed by atoms with Gasteiger partial charge in [-0.15, -0.1) is 0 Å². The molecule has 0 heterocycles. The van der Waals surface area contributed by atoms with E-state index in [1.54, 1.807) is 13.0 Å². The minimum absolute atomic E-state index is 0.193. The molecular formula is C12H21N3O2S. The van der Waals surface area contributed by atoms with Crippen molar-refractivity contribution in [3.05, 3.63) is 29.8 Å². The second-order valence-electron chi connectivity index (χ2n) is 4.01. The second kappa shape index (κ2) is 6.72. The van der Waals surface area contributed by atoms with Crippen LogP contribution in [0.2, 0.25) is 0 Å². The Labute approximate surface area is 109 Å². The molecule has 0 aliphatic carbocycles. The topological polar surface area (TPSA) is 70.2 Å². The Morgan fingerprint density at radius 1 is 1.22 bits per heavy atom. The molecular weight excluding hydrogens is 250 g/mol. The summed E-state index contributed by atoms with van der Waals surface area (Å²) in [5, 5.41) is 3.28. The van der Waals surface area contributed by atoms with Gasteiger partial charge in [0.25, 0.3) is 10.2 Å². The largest absolute Gasteiger partial charge is 0.310 e. The lowest BCUT2D eigenvalue weighted by molar-refractivity contribution is 0.589. The lowest BCUT2D eigenvalue weighted by Crippen LogP contribution is -2.29. The van der Waals surface area contributed by atoms with E-state index in [0.29, 0.717) is 12.2 Å². The molecule has 0 fully saturated rings. The number of benzene rings is 1. The van der Waals surface area contributed by atoms with Crippen LogP contribution in [0.5, 0.6) is 0 Å². The average molecular weight is 271 g/mol. The first-order valence-electron chi connectivity index (χ1n) is 6.09. The molecule has 102 valence electrons. The zero-order valence-electron chi connectivity index (χ0n) is 11.0. The normalized spacial score (nSPS) is 13.3. The van der Waals surface area contributed by atoms with E-state index in [0.717, 1.165) is 12.1 Å². The molecule has 1 aromatic carbocycles. The lowest BCUT2D eigenvalue weighted by Gasteiger charge is -2.14. The van der Waals surface area contributed by atoms with Crippen LogP contribution in [-0.2, 0) is 10.2 Å². The van der Waals surface area contributed by atoms with E-state index in [4.69, 9.17) is 0 Å². The molecule has 0 aliphatic heterocycles. The van der Waals surface area contributed by atoms with Gasteiger partial charge in [0.2, 0.25) is 0 Å². The molecule has 18 heavy (non-hydrogen) atoms. The van der Waals surface area contributed by atoms with Gasteiger partial charge in [-0.05, 0) is 31.2 Å². The van der Waals surface area contributed by atoms with Gasteiger partial charge in [-0.25, -0.2) is 0 Å². The molecule has 5 nitrogen and oxygen atoms in total. The minimum Gasteiger partial charge on any atom is -0.310 e. The predicted molar refractivity (Wildman–Crippen MR) is 74.8 cm³/mol. The van der Waals surface area contributed by atoms with Crippen LogP contribution < -0.4 is 14.8 Å². The van der Waals surface area contributed by atoms with Gasteiger partial charge in [0.1, 0.15) is 0 Å². The van der Waals surface area contributed by atoms with Crippen molar-refractivity contribution in [2.24, 2.45) is 0 Å². The van der Waals surface area contributed by atoms with Crippen LogP contribution >= 0.6 is 0 Å². The Balaban J connectivity index is 2.82. The summed E-state index contributed by atoms with van der Waals surface area (Å²) in [7, 11) is -3.46. The van der Waals surface area contributed by atoms with E-state index in [-0.39, 0.29) is 6.04 Å². The summed E-state index contributed by atoms with van der Waals surface area (Å²) in [5.74, 6) is 0. The van der Waals surface area contributed by atoms with E-state index < -0.39 is 10.2 Å². The van der Waals surface area contributed by atoms with Gasteiger partial charge in [-0.1, -0.05) is 26.0 Å². The van der Waals surface area contributed by atoms with Gasteiger partial charge >= 0.3 is 0 Å². The second-order valence-corrected chi connectivity index (χ2v) is 5.51. The summed E-state index contributed by atoms with van der Waals surface area (Å²) < 4.78 is 28.0. The third kappa shape index (κ3) is 4.64. The van der Waals surface area contributed by atoms with Gasteiger partial charge in [0, 0.05) is 12.6 Å². The zero-order valence-corrected chi connectivity index (χ0v) is 11.8. The van der Waals surface area contributed by atoms with Crippen LogP contribution in [0.3, 0.4) is 0 Å². The lowest BCUT2D eigenvalue weighted by atomic mass is 10.1. The van der Waals surface area contributed by atoms with Crippen molar-refractivity contribution in [3.63, 3.8) is 0 Å². The van der Waals surface area contributed by atoms with E-state index in [1.165, 1.54) is 0 Å². The van der Waals surface area contributed by atoms with Crippen LogP contribution in [0, 0.1) is 0 Å². The Bertz CT molecular complexity index is 474. The third-order valence-corrected chi connectivity index (χ3v) is 3.66. The summed E-state index contributed by atoms with van der Waals surface area (Å²) in [6.07, 6.45) is 0. The number of hydrogen-bond donors (Lipinski definition) is 3. The highest BCUT2D eigenvalue weighted by atomic mass is 32.2. The molecule has 1 atom stereocenters. The molecule has 3 N–H and O–H groups in total. The van der Waals surface area contributed by atoms with Gasteiger partial charge in [0.05, 0.1) is 5.69 Å². The van der Waals surface area contributed by atoms with Crippen molar-refractivity contribution in [1.29, 1.82) is 0 Å². The molecule has 0 bridgehead atoms. The highest BCUT2D eigenvalue weighted by Crippen LogP contribution is 2.17. The maximum absolute atomic E-state index is 11.6. The van der Waals surface area contributed by atoms with Gasteiger partial charge < -0.3 is 5.32 Å². The maximum Gasteiger partial charge on any atom is 0.299 e. The highest BCUT2D eigenvalue weighted by molar-refractivity contribution is 7.90. The molecule has 0 saturated heterocycles. The van der Waals surface area contributed by atoms with E-state index in [9.17, 15) is 8.42 Å². The standard InChI is InChI=1S/C12H21N3O2S/c1-4-13-10(3)11-7-6-8-12(9-11)15-18(16,17)14-5-2/h6-10,13-15H,4-5H2,1-3H3. The molecule has 0 saturated carbocycles. The van der Waals surface area contributed by atoms with Gasteiger partial charge in [-0.3, -0.25) is 4.72 Å². The van der Waals surface area contributed by atoms with Crippen molar-refractivity contribution in [2.75, 3.05) is 17.8 Å². The Morgan fingerprint density at radius 3 is 2.56 bits per heavy atom. The molecule has 6 heteroatoms. The van der Waals surface area contributed by atoms with Crippen molar-refractivity contribution >= 4 is 15.9 Å². The van der Waals surface area contributed by atoms with E-state index >= 15 is 0 Å². The number of nitrogens with one attached hydrogen (secondary N) is 3. The summed E-state index contributed by atoms with van der Waals surface area (Å²) in [6, 6.07) is 7.57. The summed E-state index contributed by atoms with van der Waals surface area (Å²) in [5.41, 5.74) is 1.62. The fourth-order valence-electron chi connectivity index (χ4n) is 1.68. The monoisotopic (exact) mass is 271 g/mol. The zero-order chi connectivity index (χ0) is 13.6. The minimum atomic E-state index is -3.46. The Morgan fingerprint density at radius 2 is 1.94 bits per heavy atom. The number of hydrogen-bond acceptors (Lipinski definition) is 3. The van der Waals surface area contributed by atoms with Crippen molar-refractivity contribution in [1.82, 2.24) is 10.0 Å². The van der Waals surface area contributed by atoms with Crippen LogP contribution in [0.15, 0.2) is 24.3 Å². The molecule has 1 rings (SSSR count). The Kier molecular flexibility index (Phi) is 5.58. The summed E-state index contributed by atoms with van der Waals surface area (Å²) in [4.78, 5) is 0.